The number of esters is 1. The highest BCUT2D eigenvalue weighted by Crippen LogP contribution is 2.20. The molecule has 0 aliphatic rings. The fraction of sp³-hybridized carbons (Fsp3) is 0.471. The number of benzene rings is 1. The minimum Gasteiger partial charge on any atom is -0.463 e. The Hall–Kier alpha value is -2.37. The summed E-state index contributed by atoms with van der Waals surface area (Å²) in [7, 11) is 0. The molecular weight excluding hydrogens is 298 g/mol. The molecule has 126 valence electrons. The molecule has 0 unspecified atom stereocenters. The molecule has 0 radical (unpaired) electrons. The molecule has 0 spiro atoms. The standard InChI is InChI=1S/C17H23NO5/c1-13(2)16-8-6-15(12-14(16)3)7-9-17(19)22-10-4-5-11-23-18(20)21/h6-9,12-13H,4-5,10-11H2,1-3H3/b9-7+. The van der Waals surface area contributed by atoms with Crippen molar-refractivity contribution in [2.45, 2.75) is 39.5 Å². The normalized spacial score (nSPS) is 11.0. The Morgan fingerprint density at radius 3 is 2.61 bits per heavy atom. The van der Waals surface area contributed by atoms with Crippen LogP contribution in [0.1, 0.15) is 49.3 Å². The van der Waals surface area contributed by atoms with Gasteiger partial charge in [-0.15, -0.1) is 10.1 Å². The van der Waals surface area contributed by atoms with Gasteiger partial charge in [-0.1, -0.05) is 32.0 Å². The van der Waals surface area contributed by atoms with E-state index in [9.17, 15) is 14.9 Å². The molecule has 0 fully saturated rings. The van der Waals surface area contributed by atoms with Crippen LogP contribution >= 0.6 is 0 Å². The number of hydrogen-bond acceptors (Lipinski definition) is 5. The number of aryl methyl sites for hydroxylation is 1. The number of nitrogens with zero attached hydrogens (tertiary/aromatic N) is 1. The van der Waals surface area contributed by atoms with Gasteiger partial charge in [0.1, 0.15) is 0 Å². The van der Waals surface area contributed by atoms with E-state index >= 15 is 0 Å². The molecule has 0 atom stereocenters. The van der Waals surface area contributed by atoms with Crippen molar-refractivity contribution in [3.8, 4) is 0 Å². The van der Waals surface area contributed by atoms with Crippen LogP contribution in [0.3, 0.4) is 0 Å². The zero-order valence-corrected chi connectivity index (χ0v) is 13.8. The van der Waals surface area contributed by atoms with E-state index in [-0.39, 0.29) is 13.2 Å². The SMILES string of the molecule is Cc1cc(/C=C/C(=O)OCCCCO[N+](=O)[O-])ccc1C(C)C. The van der Waals surface area contributed by atoms with Crippen molar-refractivity contribution in [1.82, 2.24) is 0 Å². The summed E-state index contributed by atoms with van der Waals surface area (Å²) >= 11 is 0. The van der Waals surface area contributed by atoms with Crippen LogP contribution in [0.2, 0.25) is 0 Å². The van der Waals surface area contributed by atoms with Gasteiger partial charge >= 0.3 is 5.97 Å². The van der Waals surface area contributed by atoms with Gasteiger partial charge in [0, 0.05) is 6.08 Å². The van der Waals surface area contributed by atoms with Crippen molar-refractivity contribution >= 4 is 12.0 Å². The average molecular weight is 321 g/mol. The molecule has 0 heterocycles. The van der Waals surface area contributed by atoms with E-state index in [2.05, 4.69) is 31.7 Å². The Morgan fingerprint density at radius 2 is 2.00 bits per heavy atom. The lowest BCUT2D eigenvalue weighted by Gasteiger charge is -2.09. The average Bonchev–Trinajstić information content (AvgIpc) is 2.48. The summed E-state index contributed by atoms with van der Waals surface area (Å²) in [4.78, 5) is 25.7. The third-order valence-corrected chi connectivity index (χ3v) is 3.31. The van der Waals surface area contributed by atoms with E-state index in [1.165, 1.54) is 17.2 Å². The van der Waals surface area contributed by atoms with E-state index in [4.69, 9.17) is 4.74 Å². The lowest BCUT2D eigenvalue weighted by Crippen LogP contribution is -2.06. The molecule has 6 nitrogen and oxygen atoms in total. The van der Waals surface area contributed by atoms with Crippen LogP contribution in [0.5, 0.6) is 0 Å². The summed E-state index contributed by atoms with van der Waals surface area (Å²) in [5.74, 6) is 0.0445. The van der Waals surface area contributed by atoms with Crippen molar-refractivity contribution in [2.75, 3.05) is 13.2 Å². The molecule has 0 aromatic heterocycles. The molecule has 0 N–H and O–H groups in total. The first kappa shape index (κ1) is 18.7. The van der Waals surface area contributed by atoms with Gasteiger partial charge in [0.15, 0.2) is 0 Å². The van der Waals surface area contributed by atoms with Gasteiger partial charge in [0.2, 0.25) is 0 Å². The second-order valence-corrected chi connectivity index (χ2v) is 5.54. The Labute approximate surface area is 136 Å². The molecule has 1 aromatic carbocycles. The van der Waals surface area contributed by atoms with Gasteiger partial charge in [0.05, 0.1) is 13.2 Å². The summed E-state index contributed by atoms with van der Waals surface area (Å²) in [6, 6.07) is 6.08. The zero-order valence-electron chi connectivity index (χ0n) is 13.8. The topological polar surface area (TPSA) is 78.7 Å². The third-order valence-electron chi connectivity index (χ3n) is 3.31. The van der Waals surface area contributed by atoms with E-state index in [1.54, 1.807) is 6.08 Å². The molecule has 1 aromatic rings. The summed E-state index contributed by atoms with van der Waals surface area (Å²) < 4.78 is 5.01. The maximum Gasteiger partial charge on any atom is 0.330 e. The summed E-state index contributed by atoms with van der Waals surface area (Å²) in [6.45, 7) is 6.58. The molecule has 0 bridgehead atoms. The van der Waals surface area contributed by atoms with Crippen LogP contribution in [0.15, 0.2) is 24.3 Å². The van der Waals surface area contributed by atoms with E-state index < -0.39 is 11.1 Å². The number of unbranched alkanes of at least 4 members (excludes halogenated alkanes) is 1. The van der Waals surface area contributed by atoms with E-state index in [1.807, 2.05) is 12.1 Å². The van der Waals surface area contributed by atoms with Gasteiger partial charge in [-0.05, 0) is 48.4 Å². The Morgan fingerprint density at radius 1 is 1.30 bits per heavy atom. The first-order valence-corrected chi connectivity index (χ1v) is 7.63. The van der Waals surface area contributed by atoms with Crippen molar-refractivity contribution in [1.29, 1.82) is 0 Å². The monoisotopic (exact) mass is 321 g/mol. The fourth-order valence-electron chi connectivity index (χ4n) is 2.18. The highest BCUT2D eigenvalue weighted by molar-refractivity contribution is 5.87. The first-order chi connectivity index (χ1) is 10.9. The minimum absolute atomic E-state index is 0.0157. The van der Waals surface area contributed by atoms with Crippen LogP contribution in [-0.4, -0.2) is 24.3 Å². The van der Waals surface area contributed by atoms with Crippen LogP contribution in [0.25, 0.3) is 6.08 Å². The van der Waals surface area contributed by atoms with Crippen LogP contribution in [0.4, 0.5) is 0 Å². The second-order valence-electron chi connectivity index (χ2n) is 5.54. The number of hydrogen-bond donors (Lipinski definition) is 0. The van der Waals surface area contributed by atoms with Gasteiger partial charge < -0.3 is 9.57 Å². The fourth-order valence-corrected chi connectivity index (χ4v) is 2.18. The maximum atomic E-state index is 11.6. The molecule has 0 aliphatic heterocycles. The molecule has 23 heavy (non-hydrogen) atoms. The maximum absolute atomic E-state index is 11.6. The number of ether oxygens (including phenoxy) is 1. The van der Waals surface area contributed by atoms with Gasteiger partial charge in [-0.2, -0.15) is 0 Å². The second kappa shape index (κ2) is 9.61. The predicted molar refractivity (Wildman–Crippen MR) is 87.4 cm³/mol. The van der Waals surface area contributed by atoms with Crippen LogP contribution in [-0.2, 0) is 14.4 Å². The Kier molecular flexibility index (Phi) is 7.80. The first-order valence-electron chi connectivity index (χ1n) is 7.63. The van der Waals surface area contributed by atoms with Crippen LogP contribution < -0.4 is 0 Å². The molecule has 0 saturated carbocycles. The summed E-state index contributed by atoms with van der Waals surface area (Å²) in [6.07, 6.45) is 4.09. The smallest absolute Gasteiger partial charge is 0.330 e. The van der Waals surface area contributed by atoms with E-state index in [0.29, 0.717) is 18.8 Å². The van der Waals surface area contributed by atoms with Gasteiger partial charge in [0.25, 0.3) is 5.09 Å². The van der Waals surface area contributed by atoms with Crippen LogP contribution in [0, 0.1) is 17.0 Å². The quantitative estimate of drug-likeness (QED) is 0.228. The third kappa shape index (κ3) is 7.44. The summed E-state index contributed by atoms with van der Waals surface area (Å²) in [5, 5.41) is 9.10. The lowest BCUT2D eigenvalue weighted by molar-refractivity contribution is -0.757. The van der Waals surface area contributed by atoms with E-state index in [0.717, 1.165) is 5.56 Å². The number of carbonyl (C=O) groups is 1. The van der Waals surface area contributed by atoms with Crippen molar-refractivity contribution < 1.29 is 19.5 Å². The highest BCUT2D eigenvalue weighted by Gasteiger charge is 2.03. The zero-order chi connectivity index (χ0) is 17.2. The van der Waals surface area contributed by atoms with Gasteiger partial charge in [-0.3, -0.25) is 0 Å². The Bertz CT molecular complexity index is 566. The van der Waals surface area contributed by atoms with Gasteiger partial charge in [-0.25, -0.2) is 4.79 Å². The van der Waals surface area contributed by atoms with Crippen molar-refractivity contribution in [3.05, 3.63) is 51.1 Å². The number of carbonyl (C=O) groups excluding carboxylic acids is 1. The van der Waals surface area contributed by atoms with Crippen molar-refractivity contribution in [2.24, 2.45) is 0 Å². The molecule has 6 heteroatoms. The highest BCUT2D eigenvalue weighted by atomic mass is 16.9. The lowest BCUT2D eigenvalue weighted by atomic mass is 9.96. The molecule has 1 rings (SSSR count). The van der Waals surface area contributed by atoms with Crippen molar-refractivity contribution in [3.63, 3.8) is 0 Å². The molecule has 0 saturated heterocycles. The summed E-state index contributed by atoms with van der Waals surface area (Å²) in [5.41, 5.74) is 3.44. The predicted octanol–water partition coefficient (Wildman–Crippen LogP) is 3.66. The molecule has 0 aliphatic carbocycles. The minimum atomic E-state index is -0.832. The Balaban J connectivity index is 2.35. The molecular formula is C17H23NO5. The largest absolute Gasteiger partial charge is 0.463 e. The molecule has 0 amide bonds. The number of rotatable bonds is 9.